The summed E-state index contributed by atoms with van der Waals surface area (Å²) in [5.74, 6) is 1.56. The molecule has 2 unspecified atom stereocenters. The summed E-state index contributed by atoms with van der Waals surface area (Å²) < 4.78 is 5.65. The number of nitrogens with zero attached hydrogens (tertiary/aromatic N) is 1. The highest BCUT2D eigenvalue weighted by molar-refractivity contribution is 5.85. The van der Waals surface area contributed by atoms with E-state index in [9.17, 15) is 0 Å². The Hall–Kier alpha value is 0.170. The van der Waals surface area contributed by atoms with Crippen molar-refractivity contribution in [2.75, 3.05) is 39.4 Å². The maximum Gasteiger partial charge on any atom is 0.0593 e. The van der Waals surface area contributed by atoms with E-state index in [-0.39, 0.29) is 12.4 Å². The van der Waals surface area contributed by atoms with E-state index < -0.39 is 0 Å². The SMILES string of the molecule is CC(C)COCCN1CCC2NCCC2C1.Cl. The smallest absolute Gasteiger partial charge is 0.0593 e. The van der Waals surface area contributed by atoms with Gasteiger partial charge in [0.25, 0.3) is 0 Å². The standard InChI is InChI=1S/C13H26N2O.ClH/c1-11(2)10-16-8-7-15-6-4-13-12(9-15)3-5-14-13;/h11-14H,3-10H2,1-2H3;1H. The zero-order chi connectivity index (χ0) is 11.4. The molecule has 0 aliphatic carbocycles. The lowest BCUT2D eigenvalue weighted by molar-refractivity contribution is 0.0689. The van der Waals surface area contributed by atoms with Gasteiger partial charge in [0.1, 0.15) is 0 Å². The first-order valence-corrected chi connectivity index (χ1v) is 6.79. The Morgan fingerprint density at radius 2 is 2.18 bits per heavy atom. The lowest BCUT2D eigenvalue weighted by atomic mass is 9.93. The van der Waals surface area contributed by atoms with Crippen LogP contribution in [0.1, 0.15) is 26.7 Å². The number of nitrogens with one attached hydrogen (secondary N) is 1. The second-order valence-corrected chi connectivity index (χ2v) is 5.67. The van der Waals surface area contributed by atoms with E-state index in [1.807, 2.05) is 0 Å². The summed E-state index contributed by atoms with van der Waals surface area (Å²) in [4.78, 5) is 2.58. The van der Waals surface area contributed by atoms with Crippen LogP contribution in [0.5, 0.6) is 0 Å². The fourth-order valence-corrected chi connectivity index (χ4v) is 2.84. The first-order valence-electron chi connectivity index (χ1n) is 6.79. The molecule has 102 valence electrons. The Kier molecular flexibility index (Phi) is 6.78. The highest BCUT2D eigenvalue weighted by Crippen LogP contribution is 2.24. The van der Waals surface area contributed by atoms with Gasteiger partial charge in [-0.25, -0.2) is 0 Å². The van der Waals surface area contributed by atoms with Gasteiger partial charge in [0, 0.05) is 25.7 Å². The average molecular weight is 263 g/mol. The number of ether oxygens (including phenoxy) is 1. The summed E-state index contributed by atoms with van der Waals surface area (Å²) in [7, 11) is 0. The molecule has 0 aromatic rings. The van der Waals surface area contributed by atoms with Crippen LogP contribution in [0.25, 0.3) is 0 Å². The van der Waals surface area contributed by atoms with Crippen molar-refractivity contribution in [2.45, 2.75) is 32.7 Å². The van der Waals surface area contributed by atoms with E-state index in [1.165, 1.54) is 32.5 Å². The minimum Gasteiger partial charge on any atom is -0.380 e. The highest BCUT2D eigenvalue weighted by atomic mass is 35.5. The predicted molar refractivity (Wildman–Crippen MR) is 73.9 cm³/mol. The monoisotopic (exact) mass is 262 g/mol. The molecule has 2 atom stereocenters. The molecule has 0 spiro atoms. The molecule has 0 aromatic heterocycles. The van der Waals surface area contributed by atoms with Crippen LogP contribution in [0.3, 0.4) is 0 Å². The number of hydrogen-bond acceptors (Lipinski definition) is 3. The van der Waals surface area contributed by atoms with Gasteiger partial charge in [-0.05, 0) is 37.8 Å². The third kappa shape index (κ3) is 4.74. The molecular formula is C13H27ClN2O. The first kappa shape index (κ1) is 15.2. The molecule has 2 aliphatic heterocycles. The van der Waals surface area contributed by atoms with E-state index in [4.69, 9.17) is 4.74 Å². The van der Waals surface area contributed by atoms with Gasteiger partial charge in [0.15, 0.2) is 0 Å². The second kappa shape index (κ2) is 7.57. The van der Waals surface area contributed by atoms with Gasteiger partial charge in [0.05, 0.1) is 6.61 Å². The highest BCUT2D eigenvalue weighted by Gasteiger charge is 2.32. The molecule has 2 saturated heterocycles. The summed E-state index contributed by atoms with van der Waals surface area (Å²) >= 11 is 0. The molecule has 0 bridgehead atoms. The van der Waals surface area contributed by atoms with Crippen LogP contribution < -0.4 is 5.32 Å². The van der Waals surface area contributed by atoms with Crippen molar-refractivity contribution in [1.82, 2.24) is 10.2 Å². The molecule has 17 heavy (non-hydrogen) atoms. The van der Waals surface area contributed by atoms with Crippen LogP contribution in [0.4, 0.5) is 0 Å². The van der Waals surface area contributed by atoms with Crippen molar-refractivity contribution >= 4 is 12.4 Å². The Morgan fingerprint density at radius 3 is 2.94 bits per heavy atom. The van der Waals surface area contributed by atoms with Crippen LogP contribution in [-0.2, 0) is 4.74 Å². The van der Waals surface area contributed by atoms with Crippen LogP contribution in [-0.4, -0.2) is 50.3 Å². The number of rotatable bonds is 5. The topological polar surface area (TPSA) is 24.5 Å². The van der Waals surface area contributed by atoms with Crippen LogP contribution in [0.15, 0.2) is 0 Å². The minimum absolute atomic E-state index is 0. The van der Waals surface area contributed by atoms with E-state index in [1.54, 1.807) is 0 Å². The van der Waals surface area contributed by atoms with Crippen LogP contribution in [0, 0.1) is 11.8 Å². The quantitative estimate of drug-likeness (QED) is 0.765. The van der Waals surface area contributed by atoms with Gasteiger partial charge in [0.2, 0.25) is 0 Å². The van der Waals surface area contributed by atoms with E-state index in [0.717, 1.165) is 31.7 Å². The number of fused-ring (bicyclic) bond motifs is 1. The molecule has 2 aliphatic rings. The van der Waals surface area contributed by atoms with Gasteiger partial charge in [-0.2, -0.15) is 0 Å². The van der Waals surface area contributed by atoms with Gasteiger partial charge >= 0.3 is 0 Å². The van der Waals surface area contributed by atoms with Gasteiger partial charge < -0.3 is 15.0 Å². The predicted octanol–water partition coefficient (Wildman–Crippen LogP) is 1.76. The summed E-state index contributed by atoms with van der Waals surface area (Å²) in [6.07, 6.45) is 2.70. The summed E-state index contributed by atoms with van der Waals surface area (Å²) in [5.41, 5.74) is 0. The Balaban J connectivity index is 0.00000144. The lowest BCUT2D eigenvalue weighted by Gasteiger charge is -2.34. The molecule has 3 nitrogen and oxygen atoms in total. The molecule has 4 heteroatoms. The fourth-order valence-electron chi connectivity index (χ4n) is 2.84. The van der Waals surface area contributed by atoms with E-state index >= 15 is 0 Å². The Bertz CT molecular complexity index is 214. The summed E-state index contributed by atoms with van der Waals surface area (Å²) in [5, 5.41) is 3.60. The number of halogens is 1. The maximum atomic E-state index is 5.65. The molecular weight excluding hydrogens is 236 g/mol. The van der Waals surface area contributed by atoms with Gasteiger partial charge in [-0.3, -0.25) is 0 Å². The van der Waals surface area contributed by atoms with Crippen molar-refractivity contribution in [3.63, 3.8) is 0 Å². The third-order valence-electron chi connectivity index (χ3n) is 3.74. The average Bonchev–Trinajstić information content (AvgIpc) is 2.71. The molecule has 2 heterocycles. The van der Waals surface area contributed by atoms with Crippen molar-refractivity contribution in [1.29, 1.82) is 0 Å². The molecule has 0 radical (unpaired) electrons. The van der Waals surface area contributed by atoms with Crippen molar-refractivity contribution in [2.24, 2.45) is 11.8 Å². The van der Waals surface area contributed by atoms with Crippen molar-refractivity contribution in [3.05, 3.63) is 0 Å². The fraction of sp³-hybridized carbons (Fsp3) is 1.00. The van der Waals surface area contributed by atoms with Crippen LogP contribution in [0.2, 0.25) is 0 Å². The van der Waals surface area contributed by atoms with Crippen molar-refractivity contribution in [3.8, 4) is 0 Å². The number of hydrogen-bond donors (Lipinski definition) is 1. The zero-order valence-electron chi connectivity index (χ0n) is 11.2. The molecule has 0 aromatic carbocycles. The number of piperidine rings is 1. The Morgan fingerprint density at radius 1 is 1.35 bits per heavy atom. The largest absolute Gasteiger partial charge is 0.380 e. The zero-order valence-corrected chi connectivity index (χ0v) is 12.0. The van der Waals surface area contributed by atoms with Gasteiger partial charge in [-0.15, -0.1) is 12.4 Å². The van der Waals surface area contributed by atoms with Crippen molar-refractivity contribution < 1.29 is 4.74 Å². The van der Waals surface area contributed by atoms with E-state index in [2.05, 4.69) is 24.1 Å². The van der Waals surface area contributed by atoms with Gasteiger partial charge in [-0.1, -0.05) is 13.8 Å². The molecule has 1 N–H and O–H groups in total. The number of likely N-dealkylation sites (tertiary alicyclic amines) is 1. The molecule has 2 fully saturated rings. The first-order chi connectivity index (χ1) is 7.75. The third-order valence-corrected chi connectivity index (χ3v) is 3.74. The molecule has 0 saturated carbocycles. The molecule has 2 rings (SSSR count). The summed E-state index contributed by atoms with van der Waals surface area (Å²) in [6.45, 7) is 11.1. The normalized spacial score (nSPS) is 29.1. The second-order valence-electron chi connectivity index (χ2n) is 5.67. The lowest BCUT2D eigenvalue weighted by Crippen LogP contribution is -2.45. The minimum atomic E-state index is 0. The molecule has 0 amide bonds. The summed E-state index contributed by atoms with van der Waals surface area (Å²) in [6, 6.07) is 0.813. The Labute approximate surface area is 112 Å². The van der Waals surface area contributed by atoms with Crippen LogP contribution >= 0.6 is 12.4 Å². The maximum absolute atomic E-state index is 5.65. The van der Waals surface area contributed by atoms with E-state index in [0.29, 0.717) is 5.92 Å².